The Hall–Kier alpha value is -0.280. The van der Waals surface area contributed by atoms with Gasteiger partial charge in [-0.1, -0.05) is 0 Å². The number of fused-ring (bicyclic) bond motifs is 1. The minimum absolute atomic E-state index is 0.0170. The fourth-order valence-corrected chi connectivity index (χ4v) is 7.24. The Morgan fingerprint density at radius 2 is 1.87 bits per heavy atom. The molecule has 2 aromatic carbocycles. The number of nitrogens with zero attached hydrogens (tertiary/aromatic N) is 1. The molecule has 0 saturated heterocycles. The highest BCUT2D eigenvalue weighted by atomic mass is 127. The first-order valence-electron chi connectivity index (χ1n) is 8.55. The summed E-state index contributed by atoms with van der Waals surface area (Å²) in [6.45, 7) is -0.0972. The minimum Gasteiger partial charge on any atom is -0.506 e. The van der Waals surface area contributed by atoms with Crippen LogP contribution in [0.1, 0.15) is 22.7 Å². The van der Waals surface area contributed by atoms with Crippen molar-refractivity contribution in [2.75, 3.05) is 13.7 Å². The molecule has 1 aliphatic heterocycles. The molecule has 4 nitrogen and oxygen atoms in total. The highest BCUT2D eigenvalue weighted by Crippen LogP contribution is 2.45. The van der Waals surface area contributed by atoms with Gasteiger partial charge in [-0.15, -0.1) is 0 Å². The molecule has 0 aromatic heterocycles. The molecule has 1 aliphatic rings. The lowest BCUT2D eigenvalue weighted by Gasteiger charge is -2.38. The molecule has 0 saturated carbocycles. The van der Waals surface area contributed by atoms with Crippen molar-refractivity contribution < 1.29 is 27.8 Å². The van der Waals surface area contributed by atoms with Crippen molar-refractivity contribution in [1.82, 2.24) is 4.90 Å². The van der Waals surface area contributed by atoms with Gasteiger partial charge in [0.1, 0.15) is 11.5 Å². The van der Waals surface area contributed by atoms with Crippen LogP contribution in [0.3, 0.4) is 0 Å². The first-order valence-corrected chi connectivity index (χ1v) is 12.3. The molecule has 11 heteroatoms. The van der Waals surface area contributed by atoms with E-state index in [2.05, 4.69) is 77.0 Å². The van der Waals surface area contributed by atoms with E-state index >= 15 is 0 Å². The molecule has 162 valence electrons. The number of hydrogen-bond acceptors (Lipinski definition) is 3. The number of aromatic hydroxyl groups is 1. The summed E-state index contributed by atoms with van der Waals surface area (Å²) in [5, 5.41) is 10.2. The number of carbonyl (C=O) groups excluding carboxylic acids is 1. The van der Waals surface area contributed by atoms with E-state index in [0.717, 1.165) is 17.6 Å². The van der Waals surface area contributed by atoms with Crippen molar-refractivity contribution in [2.45, 2.75) is 25.1 Å². The maximum absolute atomic E-state index is 13.3. The predicted octanol–water partition coefficient (Wildman–Crippen LogP) is 6.37. The Balaban J connectivity index is 2.12. The van der Waals surface area contributed by atoms with Crippen molar-refractivity contribution in [3.63, 3.8) is 0 Å². The maximum atomic E-state index is 13.3. The number of rotatable bonds is 3. The van der Waals surface area contributed by atoms with Gasteiger partial charge in [0.15, 0.2) is 0 Å². The van der Waals surface area contributed by atoms with Gasteiger partial charge in [0, 0.05) is 6.54 Å². The van der Waals surface area contributed by atoms with Gasteiger partial charge in [0.2, 0.25) is 0 Å². The summed E-state index contributed by atoms with van der Waals surface area (Å²) >= 11 is 10.8. The van der Waals surface area contributed by atoms with E-state index in [0.29, 0.717) is 25.8 Å². The van der Waals surface area contributed by atoms with E-state index < -0.39 is 18.1 Å². The monoisotopic (exact) mass is 773 g/mol. The van der Waals surface area contributed by atoms with Gasteiger partial charge in [-0.3, -0.25) is 4.79 Å². The zero-order valence-corrected chi connectivity index (χ0v) is 22.8. The standard InChI is InChI=1S/C19H14Br2F3I2NO3/c1-30-17-12(25)4-8(5-13(17)26)6-14-10-7-11(20)16(28)15(21)9(10)2-3-27(14)18(29)19(22,23)24/h4-5,7,14,28H,2-3,6H2,1H3. The van der Waals surface area contributed by atoms with Crippen LogP contribution in [0.2, 0.25) is 0 Å². The Bertz CT molecular complexity index is 994. The summed E-state index contributed by atoms with van der Waals surface area (Å²) in [6.07, 6.45) is -4.58. The fourth-order valence-electron chi connectivity index (χ4n) is 3.55. The van der Waals surface area contributed by atoms with Gasteiger partial charge >= 0.3 is 12.1 Å². The van der Waals surface area contributed by atoms with Crippen molar-refractivity contribution in [1.29, 1.82) is 0 Å². The lowest BCUT2D eigenvalue weighted by atomic mass is 9.88. The van der Waals surface area contributed by atoms with Crippen LogP contribution in [-0.2, 0) is 17.6 Å². The Morgan fingerprint density at radius 3 is 2.40 bits per heavy atom. The molecule has 1 atom stereocenters. The molecule has 1 unspecified atom stereocenters. The van der Waals surface area contributed by atoms with Crippen molar-refractivity contribution >= 4 is 82.9 Å². The molecule has 1 amide bonds. The largest absolute Gasteiger partial charge is 0.506 e. The van der Waals surface area contributed by atoms with Crippen LogP contribution in [0.15, 0.2) is 27.1 Å². The molecule has 1 heterocycles. The number of amides is 1. The zero-order chi connectivity index (χ0) is 22.4. The number of phenolic OH excluding ortho intramolecular Hbond substituents is 1. The summed E-state index contributed by atoms with van der Waals surface area (Å²) in [5.41, 5.74) is 2.05. The van der Waals surface area contributed by atoms with Crippen LogP contribution in [0.5, 0.6) is 11.5 Å². The summed E-state index contributed by atoms with van der Waals surface area (Å²) < 4.78 is 47.7. The van der Waals surface area contributed by atoms with Crippen LogP contribution >= 0.6 is 77.0 Å². The number of methoxy groups -OCH3 is 1. The SMILES string of the molecule is COc1c(I)cc(CC2c3cc(Br)c(O)c(Br)c3CCN2C(=O)C(F)(F)F)cc1I. The molecule has 1 N–H and O–H groups in total. The number of hydrogen-bond donors (Lipinski definition) is 1. The van der Waals surface area contributed by atoms with E-state index in [1.54, 1.807) is 13.2 Å². The predicted molar refractivity (Wildman–Crippen MR) is 130 cm³/mol. The van der Waals surface area contributed by atoms with Crippen LogP contribution < -0.4 is 4.74 Å². The van der Waals surface area contributed by atoms with E-state index in [-0.39, 0.29) is 25.1 Å². The second-order valence-corrected chi connectivity index (χ2v) is 10.6. The third-order valence-corrected chi connectivity index (χ3v) is 7.92. The van der Waals surface area contributed by atoms with E-state index in [4.69, 9.17) is 4.74 Å². The number of halogens is 7. The summed E-state index contributed by atoms with van der Waals surface area (Å²) in [4.78, 5) is 13.1. The Morgan fingerprint density at radius 1 is 1.27 bits per heavy atom. The quantitative estimate of drug-likeness (QED) is 0.370. The number of ether oxygens (including phenoxy) is 1. The molecule has 0 bridgehead atoms. The molecule has 0 spiro atoms. The smallest absolute Gasteiger partial charge is 0.471 e. The molecular formula is C19H14Br2F3I2NO3. The molecule has 2 aromatic rings. The third kappa shape index (κ3) is 4.72. The maximum Gasteiger partial charge on any atom is 0.471 e. The summed E-state index contributed by atoms with van der Waals surface area (Å²) in [7, 11) is 1.56. The lowest BCUT2D eigenvalue weighted by Crippen LogP contribution is -2.47. The number of phenols is 1. The van der Waals surface area contributed by atoms with Crippen molar-refractivity contribution in [3.05, 3.63) is 51.0 Å². The van der Waals surface area contributed by atoms with Crippen LogP contribution in [-0.4, -0.2) is 35.7 Å². The second-order valence-electron chi connectivity index (χ2n) is 6.65. The van der Waals surface area contributed by atoms with Gasteiger partial charge in [0.25, 0.3) is 0 Å². The van der Waals surface area contributed by atoms with Crippen LogP contribution in [0, 0.1) is 7.14 Å². The normalized spacial score (nSPS) is 16.4. The number of benzene rings is 2. The van der Waals surface area contributed by atoms with Gasteiger partial charge in [-0.25, -0.2) is 0 Å². The highest BCUT2D eigenvalue weighted by molar-refractivity contribution is 14.1. The summed E-state index contributed by atoms with van der Waals surface area (Å²) in [5.74, 6) is -1.18. The van der Waals surface area contributed by atoms with Gasteiger partial charge < -0.3 is 14.7 Å². The second kappa shape index (κ2) is 9.30. The first-order chi connectivity index (χ1) is 14.0. The number of carbonyl (C=O) groups is 1. The van der Waals surface area contributed by atoms with Crippen LogP contribution in [0.25, 0.3) is 0 Å². The zero-order valence-electron chi connectivity index (χ0n) is 15.3. The molecule has 0 fully saturated rings. The van der Waals surface area contributed by atoms with E-state index in [1.807, 2.05) is 12.1 Å². The molecule has 3 rings (SSSR count). The highest BCUT2D eigenvalue weighted by Gasteiger charge is 2.46. The molecule has 0 aliphatic carbocycles. The first kappa shape index (κ1) is 24.4. The average Bonchev–Trinajstić information content (AvgIpc) is 2.65. The topological polar surface area (TPSA) is 49.8 Å². The van der Waals surface area contributed by atoms with E-state index in [9.17, 15) is 23.1 Å². The van der Waals surface area contributed by atoms with Gasteiger partial charge in [-0.05, 0) is 125 Å². The van der Waals surface area contributed by atoms with E-state index in [1.165, 1.54) is 0 Å². The Kier molecular flexibility index (Phi) is 7.55. The Labute approximate surface area is 215 Å². The third-order valence-electron chi connectivity index (χ3n) is 4.86. The molecule has 0 radical (unpaired) electrons. The van der Waals surface area contributed by atoms with Crippen LogP contribution in [0.4, 0.5) is 13.2 Å². The minimum atomic E-state index is -4.97. The van der Waals surface area contributed by atoms with Crippen molar-refractivity contribution in [2.24, 2.45) is 0 Å². The van der Waals surface area contributed by atoms with Gasteiger partial charge in [0.05, 0.1) is 29.2 Å². The van der Waals surface area contributed by atoms with Crippen molar-refractivity contribution in [3.8, 4) is 11.5 Å². The summed E-state index contributed by atoms with van der Waals surface area (Å²) in [6, 6.07) is 4.44. The lowest BCUT2D eigenvalue weighted by molar-refractivity contribution is -0.188. The average molecular weight is 775 g/mol. The molecular weight excluding hydrogens is 761 g/mol. The fraction of sp³-hybridized carbons (Fsp3) is 0.316. The van der Waals surface area contributed by atoms with Gasteiger partial charge in [-0.2, -0.15) is 13.2 Å². The number of alkyl halides is 3. The molecule has 30 heavy (non-hydrogen) atoms.